The van der Waals surface area contributed by atoms with Crippen LogP contribution < -0.4 is 0 Å². The lowest BCUT2D eigenvalue weighted by Crippen LogP contribution is -1.93. The number of nitrogens with zero attached hydrogens (tertiary/aromatic N) is 1. The largest absolute Gasteiger partial charge is 0.281 e. The zero-order valence-corrected chi connectivity index (χ0v) is 11.2. The van der Waals surface area contributed by atoms with Gasteiger partial charge in [0, 0.05) is 22.0 Å². The van der Waals surface area contributed by atoms with E-state index in [-0.39, 0.29) is 10.9 Å². The van der Waals surface area contributed by atoms with Gasteiger partial charge in [0.2, 0.25) is 5.12 Å². The van der Waals surface area contributed by atoms with Crippen molar-refractivity contribution in [3.8, 4) is 0 Å². The molecule has 98 valence electrons. The Morgan fingerprint density at radius 1 is 1.00 bits per heavy atom. The summed E-state index contributed by atoms with van der Waals surface area (Å²) in [6.07, 6.45) is 1.72. The van der Waals surface area contributed by atoms with Crippen molar-refractivity contribution in [2.24, 2.45) is 0 Å². The Labute approximate surface area is 119 Å². The molecule has 0 aliphatic heterocycles. The molecule has 0 aliphatic rings. The number of hydrogen-bond acceptors (Lipinski definition) is 3. The lowest BCUT2D eigenvalue weighted by atomic mass is 10.2. The highest BCUT2D eigenvalue weighted by Gasteiger charge is 2.10. The van der Waals surface area contributed by atoms with E-state index in [1.165, 1.54) is 24.3 Å². The highest BCUT2D eigenvalue weighted by atomic mass is 32.2. The zero-order valence-electron chi connectivity index (χ0n) is 10.4. The van der Waals surface area contributed by atoms with Gasteiger partial charge in [0.15, 0.2) is 0 Å². The molecule has 0 bridgehead atoms. The molecule has 0 amide bonds. The maximum Gasteiger partial charge on any atom is 0.224 e. The molecule has 3 rings (SSSR count). The van der Waals surface area contributed by atoms with Crippen LogP contribution in [0.1, 0.15) is 10.4 Å². The van der Waals surface area contributed by atoms with E-state index in [0.717, 1.165) is 27.6 Å². The minimum Gasteiger partial charge on any atom is -0.281 e. The van der Waals surface area contributed by atoms with E-state index >= 15 is 0 Å². The number of hydrogen-bond donors (Lipinski definition) is 0. The maximum absolute atomic E-state index is 12.9. The van der Waals surface area contributed by atoms with Crippen LogP contribution >= 0.6 is 11.8 Å². The van der Waals surface area contributed by atoms with E-state index in [0.29, 0.717) is 5.56 Å². The average Bonchev–Trinajstić information content (AvgIpc) is 2.48. The van der Waals surface area contributed by atoms with Crippen LogP contribution in [0.15, 0.2) is 65.7 Å². The van der Waals surface area contributed by atoms with Gasteiger partial charge >= 0.3 is 0 Å². The fraction of sp³-hybridized carbons (Fsp3) is 0. The molecule has 0 spiro atoms. The fourth-order valence-corrected chi connectivity index (χ4v) is 2.79. The van der Waals surface area contributed by atoms with Crippen molar-refractivity contribution in [2.45, 2.75) is 4.90 Å². The third-order valence-electron chi connectivity index (χ3n) is 2.89. The molecule has 1 aromatic heterocycles. The predicted octanol–water partition coefficient (Wildman–Crippen LogP) is 4.31. The van der Waals surface area contributed by atoms with E-state index in [1.54, 1.807) is 6.20 Å². The normalized spacial score (nSPS) is 10.7. The number of benzene rings is 2. The van der Waals surface area contributed by atoms with Gasteiger partial charge in [-0.2, -0.15) is 0 Å². The Kier molecular flexibility index (Phi) is 3.48. The summed E-state index contributed by atoms with van der Waals surface area (Å²) >= 11 is 1.13. The van der Waals surface area contributed by atoms with Crippen LogP contribution in [0, 0.1) is 5.82 Å². The number of rotatable bonds is 2. The lowest BCUT2D eigenvalue weighted by molar-refractivity contribution is 0.108. The first-order chi connectivity index (χ1) is 9.74. The van der Waals surface area contributed by atoms with E-state index in [9.17, 15) is 9.18 Å². The number of carbonyl (C=O) groups excluding carboxylic acids is 1. The van der Waals surface area contributed by atoms with Gasteiger partial charge in [0.05, 0.1) is 5.52 Å². The second kappa shape index (κ2) is 5.43. The van der Waals surface area contributed by atoms with Crippen LogP contribution in [0.2, 0.25) is 0 Å². The average molecular weight is 283 g/mol. The third-order valence-corrected chi connectivity index (χ3v) is 3.89. The summed E-state index contributed by atoms with van der Waals surface area (Å²) < 4.78 is 12.9. The summed E-state index contributed by atoms with van der Waals surface area (Å²) in [7, 11) is 0. The monoisotopic (exact) mass is 283 g/mol. The summed E-state index contributed by atoms with van der Waals surface area (Å²) in [4.78, 5) is 17.3. The highest BCUT2D eigenvalue weighted by Crippen LogP contribution is 2.29. The molecular formula is C16H10FNOS. The lowest BCUT2D eigenvalue weighted by Gasteiger charge is -2.04. The molecule has 0 fully saturated rings. The topological polar surface area (TPSA) is 30.0 Å². The Hall–Kier alpha value is -2.20. The van der Waals surface area contributed by atoms with Crippen LogP contribution in [0.25, 0.3) is 10.9 Å². The van der Waals surface area contributed by atoms with Crippen molar-refractivity contribution in [2.75, 3.05) is 0 Å². The summed E-state index contributed by atoms with van der Waals surface area (Å²) in [5.74, 6) is -0.346. The van der Waals surface area contributed by atoms with Crippen molar-refractivity contribution in [3.63, 3.8) is 0 Å². The second-order valence-corrected chi connectivity index (χ2v) is 5.24. The van der Waals surface area contributed by atoms with Crippen molar-refractivity contribution >= 4 is 27.8 Å². The van der Waals surface area contributed by atoms with E-state index in [1.807, 2.05) is 30.3 Å². The summed E-state index contributed by atoms with van der Waals surface area (Å²) in [6.45, 7) is 0. The molecule has 4 heteroatoms. The van der Waals surface area contributed by atoms with Gasteiger partial charge in [0.25, 0.3) is 0 Å². The third kappa shape index (κ3) is 2.56. The Morgan fingerprint density at radius 2 is 1.80 bits per heavy atom. The Balaban J connectivity index is 1.93. The first-order valence-electron chi connectivity index (χ1n) is 6.05. The predicted molar refractivity (Wildman–Crippen MR) is 78.3 cm³/mol. The summed E-state index contributed by atoms with van der Waals surface area (Å²) in [6, 6.07) is 15.0. The molecule has 3 aromatic rings. The molecule has 1 heterocycles. The highest BCUT2D eigenvalue weighted by molar-refractivity contribution is 8.14. The van der Waals surface area contributed by atoms with Crippen LogP contribution in [0.5, 0.6) is 0 Å². The molecule has 20 heavy (non-hydrogen) atoms. The van der Waals surface area contributed by atoms with Crippen LogP contribution in [-0.2, 0) is 0 Å². The van der Waals surface area contributed by atoms with Gasteiger partial charge < -0.3 is 0 Å². The zero-order chi connectivity index (χ0) is 13.9. The van der Waals surface area contributed by atoms with Crippen LogP contribution in [0.4, 0.5) is 4.39 Å². The van der Waals surface area contributed by atoms with Gasteiger partial charge in [-0.15, -0.1) is 0 Å². The number of aromatic nitrogens is 1. The Morgan fingerprint density at radius 3 is 2.60 bits per heavy atom. The first-order valence-corrected chi connectivity index (χ1v) is 6.87. The van der Waals surface area contributed by atoms with Gasteiger partial charge in [-0.1, -0.05) is 12.1 Å². The van der Waals surface area contributed by atoms with Gasteiger partial charge in [0.1, 0.15) is 5.82 Å². The molecule has 0 atom stereocenters. The molecule has 0 saturated carbocycles. The molecule has 2 aromatic carbocycles. The number of carbonyl (C=O) groups is 1. The van der Waals surface area contributed by atoms with Gasteiger partial charge in [-0.05, 0) is 54.2 Å². The maximum atomic E-state index is 12.9. The van der Waals surface area contributed by atoms with E-state index in [4.69, 9.17) is 0 Å². The second-order valence-electron chi connectivity index (χ2n) is 4.22. The van der Waals surface area contributed by atoms with E-state index < -0.39 is 0 Å². The van der Waals surface area contributed by atoms with Crippen LogP contribution in [0.3, 0.4) is 0 Å². The number of thioether (sulfide) groups is 1. The number of pyridine rings is 1. The minimum atomic E-state index is -0.346. The minimum absolute atomic E-state index is 0.110. The van der Waals surface area contributed by atoms with Gasteiger partial charge in [-0.3, -0.25) is 9.78 Å². The summed E-state index contributed by atoms with van der Waals surface area (Å²) in [5.41, 5.74) is 1.33. The standard InChI is InChI=1S/C16H10FNOS/c17-12-8-6-11(7-9-12)16(19)20-15-5-1-4-14-13(15)3-2-10-18-14/h1-10H. The summed E-state index contributed by atoms with van der Waals surface area (Å²) in [5, 5.41) is 0.830. The van der Waals surface area contributed by atoms with Crippen molar-refractivity contribution < 1.29 is 9.18 Å². The van der Waals surface area contributed by atoms with Gasteiger partial charge in [-0.25, -0.2) is 4.39 Å². The number of fused-ring (bicyclic) bond motifs is 1. The van der Waals surface area contributed by atoms with Crippen molar-refractivity contribution in [3.05, 3.63) is 72.2 Å². The smallest absolute Gasteiger partial charge is 0.224 e. The molecular weight excluding hydrogens is 273 g/mol. The molecule has 0 aliphatic carbocycles. The molecule has 2 nitrogen and oxygen atoms in total. The Bertz CT molecular complexity index is 766. The molecule has 0 unspecified atom stereocenters. The molecule has 0 saturated heterocycles. The quantitative estimate of drug-likeness (QED) is 0.657. The SMILES string of the molecule is O=C(Sc1cccc2ncccc12)c1ccc(F)cc1. The number of halogens is 1. The molecule has 0 radical (unpaired) electrons. The molecule has 0 N–H and O–H groups in total. The van der Waals surface area contributed by atoms with Crippen LogP contribution in [-0.4, -0.2) is 10.1 Å². The fourth-order valence-electron chi connectivity index (χ4n) is 1.91. The van der Waals surface area contributed by atoms with Crippen molar-refractivity contribution in [1.29, 1.82) is 0 Å². The van der Waals surface area contributed by atoms with E-state index in [2.05, 4.69) is 4.98 Å². The van der Waals surface area contributed by atoms with Crippen molar-refractivity contribution in [1.82, 2.24) is 4.98 Å². The first kappa shape index (κ1) is 12.8.